The van der Waals surface area contributed by atoms with Gasteiger partial charge in [-0.1, -0.05) is 25.0 Å². The Morgan fingerprint density at radius 1 is 1.05 bits per heavy atom. The molecule has 0 amide bonds. The molecule has 4 heteroatoms. The van der Waals surface area contributed by atoms with Gasteiger partial charge in [-0.2, -0.15) is 5.26 Å². The predicted molar refractivity (Wildman–Crippen MR) is 84.6 cm³/mol. The van der Waals surface area contributed by atoms with Crippen molar-refractivity contribution in [1.29, 1.82) is 5.26 Å². The van der Waals surface area contributed by atoms with E-state index >= 15 is 0 Å². The minimum Gasteiger partial charge on any atom is -0.382 e. The molecule has 1 heterocycles. The largest absolute Gasteiger partial charge is 0.382 e. The van der Waals surface area contributed by atoms with Gasteiger partial charge in [0, 0.05) is 17.4 Å². The fourth-order valence-corrected chi connectivity index (χ4v) is 2.71. The van der Waals surface area contributed by atoms with Gasteiger partial charge in [0.25, 0.3) is 0 Å². The third-order valence-corrected chi connectivity index (χ3v) is 3.72. The number of nitriles is 1. The Bertz CT molecular complexity index is 654. The van der Waals surface area contributed by atoms with Crippen molar-refractivity contribution >= 4 is 17.2 Å². The maximum atomic E-state index is 8.88. The third-order valence-electron chi connectivity index (χ3n) is 3.72. The molecule has 21 heavy (non-hydrogen) atoms. The van der Waals surface area contributed by atoms with Crippen LogP contribution in [0.3, 0.4) is 0 Å². The normalized spacial score (nSPS) is 14.6. The van der Waals surface area contributed by atoms with Crippen LogP contribution in [0.25, 0.3) is 0 Å². The van der Waals surface area contributed by atoms with E-state index in [4.69, 9.17) is 5.26 Å². The van der Waals surface area contributed by atoms with Gasteiger partial charge in [-0.05, 0) is 43.2 Å². The van der Waals surface area contributed by atoms with Crippen LogP contribution in [0.4, 0.5) is 17.2 Å². The Hall–Kier alpha value is -2.54. The van der Waals surface area contributed by atoms with Gasteiger partial charge in [0.1, 0.15) is 17.6 Å². The number of nitrogens with zero attached hydrogens (tertiary/aromatic N) is 2. The SMILES string of the molecule is N#Cc1cccc(Nc2cccc(NC3CCCC3)c2)n1. The average Bonchev–Trinajstić information content (AvgIpc) is 3.01. The van der Waals surface area contributed by atoms with E-state index in [-0.39, 0.29) is 0 Å². The monoisotopic (exact) mass is 278 g/mol. The predicted octanol–water partition coefficient (Wildman–Crippen LogP) is 4.05. The maximum Gasteiger partial charge on any atom is 0.142 e. The molecule has 1 aromatic heterocycles. The second-order valence-electron chi connectivity index (χ2n) is 5.35. The Kier molecular flexibility index (Phi) is 4.02. The van der Waals surface area contributed by atoms with Crippen LogP contribution in [0.5, 0.6) is 0 Å². The fraction of sp³-hybridized carbons (Fsp3) is 0.294. The number of benzene rings is 1. The van der Waals surface area contributed by atoms with E-state index in [9.17, 15) is 0 Å². The minimum atomic E-state index is 0.417. The number of hydrogen-bond acceptors (Lipinski definition) is 4. The van der Waals surface area contributed by atoms with E-state index in [1.54, 1.807) is 6.07 Å². The molecule has 0 unspecified atom stereocenters. The summed E-state index contributed by atoms with van der Waals surface area (Å²) >= 11 is 0. The van der Waals surface area contributed by atoms with Gasteiger partial charge in [0.15, 0.2) is 0 Å². The van der Waals surface area contributed by atoms with Gasteiger partial charge in [-0.3, -0.25) is 0 Å². The Balaban J connectivity index is 1.71. The van der Waals surface area contributed by atoms with Gasteiger partial charge in [0.2, 0.25) is 0 Å². The lowest BCUT2D eigenvalue weighted by Gasteiger charge is -2.14. The molecule has 1 aliphatic carbocycles. The highest BCUT2D eigenvalue weighted by atomic mass is 15.0. The molecule has 1 saturated carbocycles. The highest BCUT2D eigenvalue weighted by Gasteiger charge is 2.14. The quantitative estimate of drug-likeness (QED) is 0.885. The van der Waals surface area contributed by atoms with Crippen molar-refractivity contribution in [3.05, 3.63) is 48.2 Å². The molecule has 2 N–H and O–H groups in total. The number of pyridine rings is 1. The average molecular weight is 278 g/mol. The Labute approximate surface area is 124 Å². The van der Waals surface area contributed by atoms with Crippen molar-refractivity contribution in [3.8, 4) is 6.07 Å². The second-order valence-corrected chi connectivity index (χ2v) is 5.35. The molecule has 3 rings (SSSR count). The first kappa shape index (κ1) is 13.4. The third kappa shape index (κ3) is 3.51. The van der Waals surface area contributed by atoms with E-state index in [0.717, 1.165) is 11.4 Å². The van der Waals surface area contributed by atoms with Crippen LogP contribution in [0.2, 0.25) is 0 Å². The molecule has 2 aromatic rings. The van der Waals surface area contributed by atoms with E-state index < -0.39 is 0 Å². The molecule has 0 aliphatic heterocycles. The topological polar surface area (TPSA) is 60.7 Å². The lowest BCUT2D eigenvalue weighted by atomic mass is 10.2. The van der Waals surface area contributed by atoms with Gasteiger partial charge in [-0.25, -0.2) is 4.98 Å². The number of aromatic nitrogens is 1. The molecule has 106 valence electrons. The van der Waals surface area contributed by atoms with E-state index in [0.29, 0.717) is 17.6 Å². The summed E-state index contributed by atoms with van der Waals surface area (Å²) in [5.41, 5.74) is 2.52. The van der Waals surface area contributed by atoms with E-state index in [2.05, 4.69) is 27.8 Å². The van der Waals surface area contributed by atoms with Crippen LogP contribution in [0.15, 0.2) is 42.5 Å². The summed E-state index contributed by atoms with van der Waals surface area (Å²) in [5, 5.41) is 15.7. The number of hydrogen-bond donors (Lipinski definition) is 2. The first-order chi connectivity index (χ1) is 10.3. The minimum absolute atomic E-state index is 0.417. The first-order valence-corrected chi connectivity index (χ1v) is 7.34. The molecule has 0 bridgehead atoms. The number of nitrogens with one attached hydrogen (secondary N) is 2. The zero-order valence-corrected chi connectivity index (χ0v) is 11.8. The molecule has 1 aliphatic rings. The van der Waals surface area contributed by atoms with Crippen LogP contribution in [-0.2, 0) is 0 Å². The molecule has 1 aromatic carbocycles. The van der Waals surface area contributed by atoms with Crippen molar-refractivity contribution in [2.75, 3.05) is 10.6 Å². The summed E-state index contributed by atoms with van der Waals surface area (Å²) in [6.45, 7) is 0. The van der Waals surface area contributed by atoms with Crippen LogP contribution in [0, 0.1) is 11.3 Å². The molecule has 1 fully saturated rings. The molecular weight excluding hydrogens is 260 g/mol. The Morgan fingerprint density at radius 3 is 2.62 bits per heavy atom. The molecular formula is C17H18N4. The summed E-state index contributed by atoms with van der Waals surface area (Å²) in [5.74, 6) is 0.687. The van der Waals surface area contributed by atoms with Crippen molar-refractivity contribution in [3.63, 3.8) is 0 Å². The maximum absolute atomic E-state index is 8.88. The fourth-order valence-electron chi connectivity index (χ4n) is 2.71. The standard InChI is InChI=1S/C17H18N4/c18-12-16-9-4-10-17(21-16)20-15-8-3-7-14(11-15)19-13-5-1-2-6-13/h3-4,7-11,13,19H,1-2,5-6H2,(H,20,21). The molecule has 0 spiro atoms. The van der Waals surface area contributed by atoms with Crippen molar-refractivity contribution in [2.45, 2.75) is 31.7 Å². The number of anilines is 3. The van der Waals surface area contributed by atoms with E-state index in [1.165, 1.54) is 25.7 Å². The molecule has 0 radical (unpaired) electrons. The molecule has 0 saturated heterocycles. The summed E-state index contributed by atoms with van der Waals surface area (Å²) in [6, 6.07) is 16.2. The van der Waals surface area contributed by atoms with Gasteiger partial charge in [0.05, 0.1) is 0 Å². The van der Waals surface area contributed by atoms with Crippen molar-refractivity contribution in [2.24, 2.45) is 0 Å². The van der Waals surface area contributed by atoms with Gasteiger partial charge in [-0.15, -0.1) is 0 Å². The molecule has 0 atom stereocenters. The van der Waals surface area contributed by atoms with Crippen LogP contribution in [-0.4, -0.2) is 11.0 Å². The first-order valence-electron chi connectivity index (χ1n) is 7.34. The summed E-state index contributed by atoms with van der Waals surface area (Å²) < 4.78 is 0. The van der Waals surface area contributed by atoms with Crippen LogP contribution < -0.4 is 10.6 Å². The lowest BCUT2D eigenvalue weighted by molar-refractivity contribution is 0.755. The smallest absolute Gasteiger partial charge is 0.142 e. The van der Waals surface area contributed by atoms with Crippen molar-refractivity contribution in [1.82, 2.24) is 4.98 Å². The van der Waals surface area contributed by atoms with Gasteiger partial charge < -0.3 is 10.6 Å². The highest BCUT2D eigenvalue weighted by Crippen LogP contribution is 2.24. The highest BCUT2D eigenvalue weighted by molar-refractivity contribution is 5.63. The number of rotatable bonds is 4. The van der Waals surface area contributed by atoms with Crippen molar-refractivity contribution < 1.29 is 0 Å². The van der Waals surface area contributed by atoms with Crippen LogP contribution >= 0.6 is 0 Å². The molecule has 4 nitrogen and oxygen atoms in total. The van der Waals surface area contributed by atoms with Gasteiger partial charge >= 0.3 is 0 Å². The summed E-state index contributed by atoms with van der Waals surface area (Å²) in [7, 11) is 0. The summed E-state index contributed by atoms with van der Waals surface area (Å²) in [6.07, 6.45) is 5.15. The van der Waals surface area contributed by atoms with E-state index in [1.807, 2.05) is 30.3 Å². The zero-order chi connectivity index (χ0) is 14.5. The Morgan fingerprint density at radius 2 is 1.81 bits per heavy atom. The second kappa shape index (κ2) is 6.27. The summed E-state index contributed by atoms with van der Waals surface area (Å²) in [4.78, 5) is 4.23. The zero-order valence-electron chi connectivity index (χ0n) is 11.8. The lowest BCUT2D eigenvalue weighted by Crippen LogP contribution is -2.14. The van der Waals surface area contributed by atoms with Crippen LogP contribution in [0.1, 0.15) is 31.4 Å².